The number of para-hydroxylation sites is 1. The van der Waals surface area contributed by atoms with E-state index in [1.54, 1.807) is 0 Å². The third-order valence-electron chi connectivity index (χ3n) is 12.5. The lowest BCUT2D eigenvalue weighted by Crippen LogP contribution is -2.17. The first-order valence-electron chi connectivity index (χ1n) is 18.9. The van der Waals surface area contributed by atoms with Gasteiger partial charge in [-0.1, -0.05) is 161 Å². The largest absolute Gasteiger partial charge is 0.310 e. The zero-order valence-corrected chi connectivity index (χ0v) is 30.5. The minimum absolute atomic E-state index is 0.115. The van der Waals surface area contributed by atoms with Gasteiger partial charge in [0.1, 0.15) is 0 Å². The molecule has 0 atom stereocenters. The van der Waals surface area contributed by atoms with E-state index >= 15 is 0 Å². The first-order valence-corrected chi connectivity index (χ1v) is 18.9. The maximum absolute atomic E-state index is 2.50. The molecule has 0 aliphatic heterocycles. The molecule has 0 amide bonds. The van der Waals surface area contributed by atoms with E-state index < -0.39 is 0 Å². The second-order valence-corrected chi connectivity index (χ2v) is 16.1. The molecule has 0 saturated carbocycles. The van der Waals surface area contributed by atoms with Gasteiger partial charge in [-0.2, -0.15) is 0 Å². The Labute approximate surface area is 310 Å². The van der Waals surface area contributed by atoms with Crippen LogP contribution in [0.25, 0.3) is 65.3 Å². The maximum Gasteiger partial charge on any atom is 0.0543 e. The van der Waals surface area contributed by atoms with Gasteiger partial charge in [-0.3, -0.25) is 0 Å². The fraction of sp³-hybridized carbons (Fsp3) is 0.115. The van der Waals surface area contributed by atoms with Crippen molar-refractivity contribution in [1.82, 2.24) is 0 Å². The van der Waals surface area contributed by atoms with Crippen LogP contribution < -0.4 is 4.90 Å². The van der Waals surface area contributed by atoms with Crippen molar-refractivity contribution in [3.8, 4) is 22.3 Å². The van der Waals surface area contributed by atoms with Crippen molar-refractivity contribution in [3.63, 3.8) is 0 Å². The smallest absolute Gasteiger partial charge is 0.0543 e. The summed E-state index contributed by atoms with van der Waals surface area (Å²) in [5.74, 6) is 0. The molecular formula is C52H39N. The van der Waals surface area contributed by atoms with Gasteiger partial charge in [0.05, 0.1) is 5.69 Å². The van der Waals surface area contributed by atoms with Crippen LogP contribution in [0.15, 0.2) is 164 Å². The van der Waals surface area contributed by atoms with E-state index in [1.807, 2.05) is 0 Å². The average Bonchev–Trinajstić information content (AvgIpc) is 3.58. The zero-order chi connectivity index (χ0) is 35.6. The Kier molecular flexibility index (Phi) is 6.14. The summed E-state index contributed by atoms with van der Waals surface area (Å²) in [5.41, 5.74) is 14.3. The van der Waals surface area contributed by atoms with E-state index in [0.717, 1.165) is 11.4 Å². The highest BCUT2D eigenvalue weighted by atomic mass is 15.1. The number of rotatable bonds is 3. The van der Waals surface area contributed by atoms with Gasteiger partial charge < -0.3 is 4.90 Å². The van der Waals surface area contributed by atoms with Gasteiger partial charge in [-0.15, -0.1) is 0 Å². The normalized spacial score (nSPS) is 14.7. The van der Waals surface area contributed by atoms with E-state index in [1.165, 1.54) is 93.3 Å². The molecule has 2 aliphatic rings. The SMILES string of the molecule is CC1(C)c2cc(N(c3ccccc3)c3ccc4c5c(c6ccccc6c4c3)-c3ccccc3C5(C)C)c3ccccc3c2-c2ccc3ccccc3c21. The molecule has 0 fully saturated rings. The summed E-state index contributed by atoms with van der Waals surface area (Å²) in [5, 5.41) is 10.4. The van der Waals surface area contributed by atoms with E-state index in [9.17, 15) is 0 Å². The molecule has 1 heteroatoms. The molecule has 9 aromatic carbocycles. The summed E-state index contributed by atoms with van der Waals surface area (Å²) in [4.78, 5) is 2.50. The number of nitrogens with zero attached hydrogens (tertiary/aromatic N) is 1. The quantitative estimate of drug-likeness (QED) is 0.168. The minimum atomic E-state index is -0.187. The molecule has 11 rings (SSSR count). The number of hydrogen-bond donors (Lipinski definition) is 0. The standard InChI is InChI=1S/C52H39N/c1-51(2)44-25-15-14-24-41(44)48-38-22-12-10-20-36(38)43-30-34(27-29-40(43)50(48)51)53(33-17-6-5-7-18-33)46-31-45-47(39-23-13-11-21-37(39)46)42-28-26-32-16-8-9-19-35(32)49(42)52(45,3)4/h5-31H,1-4H3. The molecule has 0 N–H and O–H groups in total. The summed E-state index contributed by atoms with van der Waals surface area (Å²) in [7, 11) is 0. The van der Waals surface area contributed by atoms with Gasteiger partial charge in [0, 0.05) is 27.6 Å². The van der Waals surface area contributed by atoms with Crippen molar-refractivity contribution in [2.24, 2.45) is 0 Å². The lowest BCUT2D eigenvalue weighted by Gasteiger charge is -2.30. The van der Waals surface area contributed by atoms with E-state index in [-0.39, 0.29) is 10.8 Å². The van der Waals surface area contributed by atoms with Crippen molar-refractivity contribution < 1.29 is 0 Å². The summed E-state index contributed by atoms with van der Waals surface area (Å²) >= 11 is 0. The lowest BCUT2D eigenvalue weighted by molar-refractivity contribution is 0.666. The summed E-state index contributed by atoms with van der Waals surface area (Å²) in [6.45, 7) is 9.63. The van der Waals surface area contributed by atoms with Gasteiger partial charge >= 0.3 is 0 Å². The van der Waals surface area contributed by atoms with Crippen molar-refractivity contribution >= 4 is 60.2 Å². The van der Waals surface area contributed by atoms with E-state index in [0.29, 0.717) is 0 Å². The molecule has 252 valence electrons. The monoisotopic (exact) mass is 677 g/mol. The van der Waals surface area contributed by atoms with Crippen LogP contribution in [-0.4, -0.2) is 0 Å². The first kappa shape index (κ1) is 30.4. The van der Waals surface area contributed by atoms with Crippen LogP contribution in [0.5, 0.6) is 0 Å². The van der Waals surface area contributed by atoms with Crippen LogP contribution >= 0.6 is 0 Å². The Hall–Kier alpha value is -6.18. The molecule has 9 aromatic rings. The third kappa shape index (κ3) is 4.03. The lowest BCUT2D eigenvalue weighted by atomic mass is 9.79. The van der Waals surface area contributed by atoms with E-state index in [2.05, 4.69) is 196 Å². The van der Waals surface area contributed by atoms with Gasteiger partial charge in [0.15, 0.2) is 0 Å². The second-order valence-electron chi connectivity index (χ2n) is 16.1. The van der Waals surface area contributed by atoms with Crippen LogP contribution in [0, 0.1) is 0 Å². The highest BCUT2D eigenvalue weighted by Gasteiger charge is 2.40. The maximum atomic E-state index is 2.50. The van der Waals surface area contributed by atoms with Crippen LogP contribution in [0.4, 0.5) is 17.1 Å². The summed E-state index contributed by atoms with van der Waals surface area (Å²) in [6, 6.07) is 61.3. The van der Waals surface area contributed by atoms with E-state index in [4.69, 9.17) is 0 Å². The van der Waals surface area contributed by atoms with Crippen LogP contribution in [0.3, 0.4) is 0 Å². The summed E-state index contributed by atoms with van der Waals surface area (Å²) in [6.07, 6.45) is 0. The molecule has 0 bridgehead atoms. The van der Waals surface area contributed by atoms with Crippen molar-refractivity contribution in [3.05, 3.63) is 186 Å². The first-order chi connectivity index (χ1) is 25.8. The molecule has 2 aliphatic carbocycles. The number of benzene rings is 9. The Morgan fingerprint density at radius 1 is 0.358 bits per heavy atom. The molecule has 53 heavy (non-hydrogen) atoms. The van der Waals surface area contributed by atoms with Crippen LogP contribution in [0.1, 0.15) is 49.9 Å². The zero-order valence-electron chi connectivity index (χ0n) is 30.5. The Morgan fingerprint density at radius 3 is 1.77 bits per heavy atom. The van der Waals surface area contributed by atoms with Gasteiger partial charge in [-0.25, -0.2) is 0 Å². The Morgan fingerprint density at radius 2 is 0.981 bits per heavy atom. The predicted molar refractivity (Wildman–Crippen MR) is 226 cm³/mol. The van der Waals surface area contributed by atoms with Crippen molar-refractivity contribution in [2.75, 3.05) is 4.90 Å². The molecule has 1 nitrogen and oxygen atoms in total. The number of fused-ring (bicyclic) bond motifs is 15. The molecule has 0 heterocycles. The Balaban J connectivity index is 1.21. The van der Waals surface area contributed by atoms with Gasteiger partial charge in [0.2, 0.25) is 0 Å². The topological polar surface area (TPSA) is 3.24 Å². The van der Waals surface area contributed by atoms with Crippen molar-refractivity contribution in [1.29, 1.82) is 0 Å². The van der Waals surface area contributed by atoms with Crippen molar-refractivity contribution in [2.45, 2.75) is 38.5 Å². The average molecular weight is 678 g/mol. The van der Waals surface area contributed by atoms with Gasteiger partial charge in [0.25, 0.3) is 0 Å². The highest BCUT2D eigenvalue weighted by Crippen LogP contribution is 2.58. The fourth-order valence-electron chi connectivity index (χ4n) is 10.2. The second kappa shape index (κ2) is 10.7. The molecule has 0 unspecified atom stereocenters. The number of hydrogen-bond acceptors (Lipinski definition) is 1. The predicted octanol–water partition coefficient (Wildman–Crippen LogP) is 14.4. The molecule has 0 spiro atoms. The number of anilines is 3. The molecule has 0 saturated heterocycles. The van der Waals surface area contributed by atoms with Crippen LogP contribution in [-0.2, 0) is 10.8 Å². The molecular weight excluding hydrogens is 639 g/mol. The Bertz CT molecular complexity index is 3000. The summed E-state index contributed by atoms with van der Waals surface area (Å²) < 4.78 is 0. The van der Waals surface area contributed by atoms with Gasteiger partial charge in [-0.05, 0) is 113 Å². The van der Waals surface area contributed by atoms with Crippen LogP contribution in [0.2, 0.25) is 0 Å². The highest BCUT2D eigenvalue weighted by molar-refractivity contribution is 6.19. The third-order valence-corrected chi connectivity index (χ3v) is 12.5. The fourth-order valence-corrected chi connectivity index (χ4v) is 10.2. The minimum Gasteiger partial charge on any atom is -0.310 e. The molecule has 0 radical (unpaired) electrons. The molecule has 0 aromatic heterocycles.